The van der Waals surface area contributed by atoms with Crippen LogP contribution >= 0.6 is 0 Å². The molecule has 0 N–H and O–H groups in total. The molecular formula is C11H13NO2. The molecule has 0 radical (unpaired) electrons. The molecule has 0 amide bonds. The number of nitriles is 1. The number of hydrogen-bond acceptors (Lipinski definition) is 3. The Labute approximate surface area is 83.4 Å². The zero-order chi connectivity index (χ0) is 10.1. The summed E-state index contributed by atoms with van der Waals surface area (Å²) in [6, 6.07) is 2.23. The van der Waals surface area contributed by atoms with Gasteiger partial charge in [-0.1, -0.05) is 12.2 Å². The van der Waals surface area contributed by atoms with E-state index in [9.17, 15) is 4.79 Å². The summed E-state index contributed by atoms with van der Waals surface area (Å²) in [7, 11) is 0. The fourth-order valence-corrected chi connectivity index (χ4v) is 2.56. The van der Waals surface area contributed by atoms with Crippen LogP contribution in [0.25, 0.3) is 0 Å². The van der Waals surface area contributed by atoms with Crippen molar-refractivity contribution in [3.63, 3.8) is 0 Å². The summed E-state index contributed by atoms with van der Waals surface area (Å²) in [6.45, 7) is 2.19. The van der Waals surface area contributed by atoms with Crippen LogP contribution in [0.3, 0.4) is 0 Å². The Bertz CT molecular complexity index is 316. The monoisotopic (exact) mass is 191 g/mol. The highest BCUT2D eigenvalue weighted by Gasteiger charge is 2.49. The lowest BCUT2D eigenvalue weighted by molar-refractivity contribution is -0.149. The maximum atomic E-state index is 11.6. The standard InChI is InChI=1S/C11H13NO2/c1-2-14-11(13)10-8-4-3-7(5-8)9(10)6-12/h3-4,7-10H,2,5H2,1H3/t7?,8?,9-,10+/m0/s1. The summed E-state index contributed by atoms with van der Waals surface area (Å²) in [4.78, 5) is 11.6. The van der Waals surface area contributed by atoms with Crippen LogP contribution in [0.4, 0.5) is 0 Å². The molecule has 4 atom stereocenters. The lowest BCUT2D eigenvalue weighted by Gasteiger charge is -2.20. The molecule has 2 aliphatic rings. The van der Waals surface area contributed by atoms with Crippen LogP contribution in [0.5, 0.6) is 0 Å². The molecule has 14 heavy (non-hydrogen) atoms. The Morgan fingerprint density at radius 1 is 1.57 bits per heavy atom. The Morgan fingerprint density at radius 3 is 2.93 bits per heavy atom. The van der Waals surface area contributed by atoms with Gasteiger partial charge in [0.15, 0.2) is 0 Å². The van der Waals surface area contributed by atoms with E-state index in [-0.39, 0.29) is 29.6 Å². The molecule has 3 heteroatoms. The van der Waals surface area contributed by atoms with Crippen LogP contribution in [-0.4, -0.2) is 12.6 Å². The van der Waals surface area contributed by atoms with E-state index in [1.807, 2.05) is 0 Å². The molecule has 0 spiro atoms. The fraction of sp³-hybridized carbons (Fsp3) is 0.636. The predicted octanol–water partition coefficient (Wildman–Crippen LogP) is 1.51. The fourth-order valence-electron chi connectivity index (χ4n) is 2.56. The van der Waals surface area contributed by atoms with E-state index in [2.05, 4.69) is 18.2 Å². The number of allylic oxidation sites excluding steroid dienone is 2. The van der Waals surface area contributed by atoms with Gasteiger partial charge in [0.05, 0.1) is 24.5 Å². The first-order valence-corrected chi connectivity index (χ1v) is 5.02. The molecule has 1 saturated carbocycles. The molecule has 2 bridgehead atoms. The van der Waals surface area contributed by atoms with Gasteiger partial charge >= 0.3 is 5.97 Å². The van der Waals surface area contributed by atoms with Crippen molar-refractivity contribution < 1.29 is 9.53 Å². The summed E-state index contributed by atoms with van der Waals surface area (Å²) < 4.78 is 4.99. The maximum absolute atomic E-state index is 11.6. The van der Waals surface area contributed by atoms with Gasteiger partial charge in [-0.05, 0) is 25.2 Å². The van der Waals surface area contributed by atoms with Gasteiger partial charge in [-0.25, -0.2) is 0 Å². The van der Waals surface area contributed by atoms with Gasteiger partial charge in [0.25, 0.3) is 0 Å². The highest BCUT2D eigenvalue weighted by Crippen LogP contribution is 2.48. The van der Waals surface area contributed by atoms with E-state index in [0.717, 1.165) is 6.42 Å². The zero-order valence-electron chi connectivity index (χ0n) is 8.14. The van der Waals surface area contributed by atoms with E-state index in [0.29, 0.717) is 6.61 Å². The normalized spacial score (nSPS) is 38.3. The molecule has 0 aromatic rings. The third-order valence-corrected chi connectivity index (χ3v) is 3.17. The minimum Gasteiger partial charge on any atom is -0.466 e. The maximum Gasteiger partial charge on any atom is 0.310 e. The van der Waals surface area contributed by atoms with Crippen molar-refractivity contribution >= 4 is 5.97 Å². The molecule has 1 fully saturated rings. The van der Waals surface area contributed by atoms with Gasteiger partial charge in [0.1, 0.15) is 0 Å². The third kappa shape index (κ3) is 1.22. The van der Waals surface area contributed by atoms with Gasteiger partial charge in [0, 0.05) is 0 Å². The average molecular weight is 191 g/mol. The average Bonchev–Trinajstić information content (AvgIpc) is 2.76. The summed E-state index contributed by atoms with van der Waals surface area (Å²) >= 11 is 0. The van der Waals surface area contributed by atoms with Gasteiger partial charge < -0.3 is 4.74 Å². The van der Waals surface area contributed by atoms with Crippen molar-refractivity contribution in [3.05, 3.63) is 12.2 Å². The van der Waals surface area contributed by atoms with Gasteiger partial charge in [0.2, 0.25) is 0 Å². The number of nitrogens with zero attached hydrogens (tertiary/aromatic N) is 1. The molecule has 3 nitrogen and oxygen atoms in total. The molecule has 0 aromatic heterocycles. The highest BCUT2D eigenvalue weighted by molar-refractivity contribution is 5.75. The second-order valence-electron chi connectivity index (χ2n) is 3.88. The molecule has 0 heterocycles. The van der Waals surface area contributed by atoms with E-state index in [4.69, 9.17) is 10.00 Å². The Morgan fingerprint density at radius 2 is 2.29 bits per heavy atom. The predicted molar refractivity (Wildman–Crippen MR) is 50.0 cm³/mol. The van der Waals surface area contributed by atoms with E-state index >= 15 is 0 Å². The van der Waals surface area contributed by atoms with Crippen molar-refractivity contribution in [1.82, 2.24) is 0 Å². The first kappa shape index (κ1) is 9.26. The molecule has 2 aliphatic carbocycles. The Hall–Kier alpha value is -1.30. The number of rotatable bonds is 2. The molecular weight excluding hydrogens is 178 g/mol. The smallest absolute Gasteiger partial charge is 0.310 e. The molecule has 0 aromatic carbocycles. The first-order valence-electron chi connectivity index (χ1n) is 5.02. The molecule has 74 valence electrons. The van der Waals surface area contributed by atoms with Crippen LogP contribution in [0.15, 0.2) is 12.2 Å². The lowest BCUT2D eigenvalue weighted by Crippen LogP contribution is -2.28. The highest BCUT2D eigenvalue weighted by atomic mass is 16.5. The molecule has 0 saturated heterocycles. The second-order valence-corrected chi connectivity index (χ2v) is 3.88. The number of carbonyl (C=O) groups excluding carboxylic acids is 1. The summed E-state index contributed by atoms with van der Waals surface area (Å²) in [5.41, 5.74) is 0. The second kappa shape index (κ2) is 3.45. The van der Waals surface area contributed by atoms with E-state index < -0.39 is 0 Å². The van der Waals surface area contributed by atoms with Crippen molar-refractivity contribution in [1.29, 1.82) is 5.26 Å². The van der Waals surface area contributed by atoms with Crippen LogP contribution in [-0.2, 0) is 9.53 Å². The summed E-state index contributed by atoms with van der Waals surface area (Å²) in [5, 5.41) is 8.98. The van der Waals surface area contributed by atoms with Crippen molar-refractivity contribution in [2.24, 2.45) is 23.7 Å². The summed E-state index contributed by atoms with van der Waals surface area (Å²) in [5.74, 6) is -0.0574. The lowest BCUT2D eigenvalue weighted by atomic mass is 9.84. The third-order valence-electron chi connectivity index (χ3n) is 3.17. The minimum atomic E-state index is -0.213. The number of carbonyl (C=O) groups is 1. The van der Waals surface area contributed by atoms with Crippen LogP contribution in [0.2, 0.25) is 0 Å². The number of fused-ring (bicyclic) bond motifs is 2. The van der Waals surface area contributed by atoms with Gasteiger partial charge in [-0.2, -0.15) is 5.26 Å². The summed E-state index contributed by atoms with van der Waals surface area (Å²) in [6.07, 6.45) is 5.07. The van der Waals surface area contributed by atoms with Gasteiger partial charge in [-0.3, -0.25) is 4.79 Å². The minimum absolute atomic E-state index is 0.163. The molecule has 2 rings (SSSR count). The molecule has 0 aliphatic heterocycles. The number of ether oxygens (including phenoxy) is 1. The number of hydrogen-bond donors (Lipinski definition) is 0. The van der Waals surface area contributed by atoms with E-state index in [1.54, 1.807) is 6.92 Å². The van der Waals surface area contributed by atoms with E-state index in [1.165, 1.54) is 0 Å². The Balaban J connectivity index is 2.15. The topological polar surface area (TPSA) is 50.1 Å². The van der Waals surface area contributed by atoms with Crippen molar-refractivity contribution in [3.8, 4) is 6.07 Å². The van der Waals surface area contributed by atoms with Crippen molar-refractivity contribution in [2.75, 3.05) is 6.61 Å². The molecule has 2 unspecified atom stereocenters. The zero-order valence-corrected chi connectivity index (χ0v) is 8.14. The quantitative estimate of drug-likeness (QED) is 0.491. The van der Waals surface area contributed by atoms with Crippen LogP contribution in [0, 0.1) is 35.0 Å². The largest absolute Gasteiger partial charge is 0.466 e. The SMILES string of the molecule is CCOC(=O)[C@@H]1C2C=CC(C2)[C@@H]1C#N. The van der Waals surface area contributed by atoms with Gasteiger partial charge in [-0.15, -0.1) is 0 Å². The van der Waals surface area contributed by atoms with Crippen LogP contribution < -0.4 is 0 Å². The van der Waals surface area contributed by atoms with Crippen molar-refractivity contribution in [2.45, 2.75) is 13.3 Å². The number of esters is 1. The van der Waals surface area contributed by atoms with Crippen LogP contribution in [0.1, 0.15) is 13.3 Å². The first-order chi connectivity index (χ1) is 6.77. The Kier molecular flexibility index (Phi) is 2.28.